The van der Waals surface area contributed by atoms with E-state index in [0.29, 0.717) is 34.8 Å². The number of hydrogen-bond donors (Lipinski definition) is 0. The molecule has 2 aromatic carbocycles. The van der Waals surface area contributed by atoms with Crippen LogP contribution in [0, 0.1) is 0 Å². The zero-order valence-corrected chi connectivity index (χ0v) is 16.9. The molecule has 0 aliphatic carbocycles. The molecule has 0 spiro atoms. The summed E-state index contributed by atoms with van der Waals surface area (Å²) in [6, 6.07) is 13.1. The Morgan fingerprint density at radius 1 is 0.897 bits per heavy atom. The fraction of sp³-hybridized carbons (Fsp3) is 0.286. The first-order chi connectivity index (χ1) is 14.2. The molecule has 0 bridgehead atoms. The summed E-state index contributed by atoms with van der Waals surface area (Å²) in [4.78, 5) is 0. The van der Waals surface area contributed by atoms with Gasteiger partial charge in [-0.1, -0.05) is 23.2 Å². The molecule has 3 aromatic rings. The minimum atomic E-state index is 0.185. The number of hydrogen-bond acceptors (Lipinski definition) is 5. The van der Waals surface area contributed by atoms with Crippen molar-refractivity contribution in [3.63, 3.8) is 0 Å². The van der Waals surface area contributed by atoms with E-state index in [1.807, 2.05) is 48.7 Å². The fourth-order valence-electron chi connectivity index (χ4n) is 2.84. The van der Waals surface area contributed by atoms with Gasteiger partial charge in [-0.15, -0.1) is 0 Å². The first-order valence-corrected chi connectivity index (χ1v) is 10.1. The van der Waals surface area contributed by atoms with Gasteiger partial charge in [0, 0.05) is 11.8 Å². The van der Waals surface area contributed by atoms with E-state index in [0.717, 1.165) is 30.2 Å². The molecule has 150 valence electrons. The second-order valence-electron chi connectivity index (χ2n) is 6.94. The molecule has 0 saturated carbocycles. The third-order valence-electron chi connectivity index (χ3n) is 4.65. The average Bonchev–Trinajstić information content (AvgIpc) is 3.65. The highest BCUT2D eigenvalue weighted by Gasteiger charge is 2.24. The van der Waals surface area contributed by atoms with Crippen LogP contribution < -0.4 is 9.47 Å². The maximum atomic E-state index is 6.36. The Labute approximate surface area is 177 Å². The van der Waals surface area contributed by atoms with Crippen LogP contribution in [0.2, 0.25) is 10.0 Å². The number of nitrogens with zero attached hydrogens (tertiary/aromatic N) is 2. The summed E-state index contributed by atoms with van der Waals surface area (Å²) in [7, 11) is 0. The van der Waals surface area contributed by atoms with Gasteiger partial charge in [0.2, 0.25) is 0 Å². The van der Waals surface area contributed by atoms with Crippen LogP contribution in [0.1, 0.15) is 0 Å². The molecular weight excluding hydrogens is 415 g/mol. The van der Waals surface area contributed by atoms with E-state index in [-0.39, 0.29) is 12.2 Å². The van der Waals surface area contributed by atoms with E-state index >= 15 is 0 Å². The predicted octanol–water partition coefficient (Wildman–Crippen LogP) is 4.40. The predicted molar refractivity (Wildman–Crippen MR) is 109 cm³/mol. The molecule has 8 heteroatoms. The number of rotatable bonds is 8. The van der Waals surface area contributed by atoms with Gasteiger partial charge >= 0.3 is 0 Å². The van der Waals surface area contributed by atoms with Crippen LogP contribution in [-0.4, -0.2) is 48.4 Å². The summed E-state index contributed by atoms with van der Waals surface area (Å²) >= 11 is 12.7. The zero-order chi connectivity index (χ0) is 19.8. The fourth-order valence-corrected chi connectivity index (χ4v) is 3.31. The van der Waals surface area contributed by atoms with Crippen molar-refractivity contribution in [3.8, 4) is 28.4 Å². The van der Waals surface area contributed by atoms with E-state index in [2.05, 4.69) is 5.10 Å². The van der Waals surface area contributed by atoms with Gasteiger partial charge < -0.3 is 18.9 Å². The number of ether oxygens (including phenoxy) is 4. The third kappa shape index (κ3) is 4.51. The van der Waals surface area contributed by atoms with Crippen LogP contribution >= 0.6 is 23.2 Å². The number of aromatic nitrogens is 2. The second kappa shape index (κ2) is 7.88. The Morgan fingerprint density at radius 2 is 1.52 bits per heavy atom. The minimum absolute atomic E-state index is 0.185. The SMILES string of the molecule is Clc1cc(-c2ccn(-c3ccc(OCC4CO4)c(Cl)c3)n2)ccc1OCC1CO1. The van der Waals surface area contributed by atoms with Crippen molar-refractivity contribution in [1.82, 2.24) is 9.78 Å². The Kier molecular flexibility index (Phi) is 5.09. The van der Waals surface area contributed by atoms with E-state index < -0.39 is 0 Å². The van der Waals surface area contributed by atoms with Gasteiger partial charge in [-0.2, -0.15) is 5.10 Å². The molecule has 2 saturated heterocycles. The first kappa shape index (κ1) is 18.8. The maximum Gasteiger partial charge on any atom is 0.138 e. The van der Waals surface area contributed by atoms with Crippen molar-refractivity contribution >= 4 is 23.2 Å². The van der Waals surface area contributed by atoms with Crippen molar-refractivity contribution in [2.45, 2.75) is 12.2 Å². The van der Waals surface area contributed by atoms with Crippen molar-refractivity contribution in [1.29, 1.82) is 0 Å². The van der Waals surface area contributed by atoms with Crippen LogP contribution in [0.15, 0.2) is 48.7 Å². The Bertz CT molecular complexity index is 951. The molecule has 2 aliphatic heterocycles. The van der Waals surface area contributed by atoms with Gasteiger partial charge in [-0.25, -0.2) is 4.68 Å². The molecule has 29 heavy (non-hydrogen) atoms. The minimum Gasteiger partial charge on any atom is -0.489 e. The molecular formula is C21H18Cl2N2O4. The van der Waals surface area contributed by atoms with Gasteiger partial charge in [-0.3, -0.25) is 0 Å². The van der Waals surface area contributed by atoms with Gasteiger partial charge in [0.1, 0.15) is 36.9 Å². The van der Waals surface area contributed by atoms with E-state index in [1.54, 1.807) is 4.68 Å². The molecule has 2 unspecified atom stereocenters. The van der Waals surface area contributed by atoms with Crippen molar-refractivity contribution in [2.75, 3.05) is 26.4 Å². The molecule has 5 rings (SSSR count). The Balaban J connectivity index is 1.30. The normalized spacial score (nSPS) is 19.8. The summed E-state index contributed by atoms with van der Waals surface area (Å²) in [6.45, 7) is 2.53. The lowest BCUT2D eigenvalue weighted by Crippen LogP contribution is -2.05. The van der Waals surface area contributed by atoms with Gasteiger partial charge in [0.05, 0.1) is 34.6 Å². The van der Waals surface area contributed by atoms with Crippen LogP contribution in [0.3, 0.4) is 0 Å². The average molecular weight is 433 g/mol. The monoisotopic (exact) mass is 432 g/mol. The Hall–Kier alpha value is -2.25. The standard InChI is InChI=1S/C21H18Cl2N2O4/c22-17-7-13(1-3-20(17)28-11-15-9-26-15)19-5-6-25(24-19)14-2-4-21(18(23)8-14)29-12-16-10-27-16/h1-8,15-16H,9-12H2. The van der Waals surface area contributed by atoms with Gasteiger partial charge in [-0.05, 0) is 42.5 Å². The first-order valence-electron chi connectivity index (χ1n) is 9.30. The lowest BCUT2D eigenvalue weighted by molar-refractivity contribution is 0.263. The van der Waals surface area contributed by atoms with Crippen molar-refractivity contribution < 1.29 is 18.9 Å². The van der Waals surface area contributed by atoms with Crippen LogP contribution in [0.4, 0.5) is 0 Å². The Morgan fingerprint density at radius 3 is 2.10 bits per heavy atom. The van der Waals surface area contributed by atoms with E-state index in [1.165, 1.54) is 0 Å². The summed E-state index contributed by atoms with van der Waals surface area (Å²) in [5, 5.41) is 5.71. The number of benzene rings is 2. The summed E-state index contributed by atoms with van der Waals surface area (Å²) in [6.07, 6.45) is 2.25. The van der Waals surface area contributed by atoms with Crippen LogP contribution in [0.5, 0.6) is 11.5 Å². The van der Waals surface area contributed by atoms with E-state index in [4.69, 9.17) is 42.1 Å². The van der Waals surface area contributed by atoms with Crippen LogP contribution in [0.25, 0.3) is 16.9 Å². The molecule has 1 aromatic heterocycles. The highest BCUT2D eigenvalue weighted by molar-refractivity contribution is 6.32. The zero-order valence-electron chi connectivity index (χ0n) is 15.4. The largest absolute Gasteiger partial charge is 0.489 e. The third-order valence-corrected chi connectivity index (χ3v) is 5.24. The highest BCUT2D eigenvalue weighted by atomic mass is 35.5. The van der Waals surface area contributed by atoms with Gasteiger partial charge in [0.15, 0.2) is 0 Å². The molecule has 0 radical (unpaired) electrons. The smallest absolute Gasteiger partial charge is 0.138 e. The lowest BCUT2D eigenvalue weighted by Gasteiger charge is -2.09. The lowest BCUT2D eigenvalue weighted by atomic mass is 10.1. The summed E-state index contributed by atoms with van der Waals surface area (Å²) in [5.41, 5.74) is 2.54. The molecule has 6 nitrogen and oxygen atoms in total. The van der Waals surface area contributed by atoms with E-state index in [9.17, 15) is 0 Å². The number of epoxide rings is 2. The summed E-state index contributed by atoms with van der Waals surface area (Å²) in [5.74, 6) is 1.28. The molecule has 2 aliphatic rings. The highest BCUT2D eigenvalue weighted by Crippen LogP contribution is 2.32. The topological polar surface area (TPSA) is 61.3 Å². The molecule has 0 amide bonds. The molecule has 2 atom stereocenters. The summed E-state index contributed by atoms with van der Waals surface area (Å²) < 4.78 is 23.4. The molecule has 3 heterocycles. The van der Waals surface area contributed by atoms with Gasteiger partial charge in [0.25, 0.3) is 0 Å². The van der Waals surface area contributed by atoms with Crippen LogP contribution in [-0.2, 0) is 9.47 Å². The number of halogens is 2. The van der Waals surface area contributed by atoms with Crippen molar-refractivity contribution in [3.05, 3.63) is 58.7 Å². The molecule has 2 fully saturated rings. The van der Waals surface area contributed by atoms with Crippen molar-refractivity contribution in [2.24, 2.45) is 0 Å². The molecule has 0 N–H and O–H groups in total. The maximum absolute atomic E-state index is 6.36. The quantitative estimate of drug-likeness (QED) is 0.493. The second-order valence-corrected chi connectivity index (χ2v) is 7.75.